The number of aromatic nitrogens is 5. The van der Waals surface area contributed by atoms with Gasteiger partial charge in [0.25, 0.3) is 0 Å². The Morgan fingerprint density at radius 3 is 2.69 bits per heavy atom. The number of benzene rings is 1. The van der Waals surface area contributed by atoms with Crippen LogP contribution in [0.15, 0.2) is 28.9 Å². The number of methoxy groups -OCH3 is 1. The highest BCUT2D eigenvalue weighted by Gasteiger charge is 2.24. The lowest BCUT2D eigenvalue weighted by Gasteiger charge is -2.09. The number of nitrogens with one attached hydrogen (secondary N) is 1. The van der Waals surface area contributed by atoms with Gasteiger partial charge < -0.3 is 20.5 Å². The monoisotopic (exact) mass is 359 g/mol. The molecular weight excluding hydrogens is 342 g/mol. The first kappa shape index (κ1) is 17.2. The summed E-state index contributed by atoms with van der Waals surface area (Å²) in [6.07, 6.45) is 0. The van der Waals surface area contributed by atoms with Crippen molar-refractivity contribution in [1.82, 2.24) is 25.3 Å². The number of carbonyl (C=O) groups is 1. The number of nitrogen functional groups attached to an aromatic ring is 1. The van der Waals surface area contributed by atoms with Crippen molar-refractivity contribution in [3.8, 4) is 11.6 Å². The molecule has 11 heteroatoms. The topological polar surface area (TPSA) is 143 Å². The molecule has 0 saturated heterocycles. The molecule has 3 aromatic rings. The van der Waals surface area contributed by atoms with E-state index in [4.69, 9.17) is 15.2 Å². The Labute approximate surface area is 148 Å². The highest BCUT2D eigenvalue weighted by molar-refractivity contribution is 5.88. The molecule has 0 saturated carbocycles. The third-order valence-corrected chi connectivity index (χ3v) is 3.48. The maximum Gasteiger partial charge on any atom is 0.360 e. The summed E-state index contributed by atoms with van der Waals surface area (Å²) in [6.45, 7) is 2.13. The van der Waals surface area contributed by atoms with Crippen LogP contribution in [0.5, 0.6) is 5.75 Å². The molecule has 0 bridgehead atoms. The molecule has 136 valence electrons. The Kier molecular flexibility index (Phi) is 4.97. The molecule has 26 heavy (non-hydrogen) atoms. The number of nitrogens with zero attached hydrogens (tertiary/aromatic N) is 5. The van der Waals surface area contributed by atoms with E-state index < -0.39 is 5.97 Å². The molecule has 0 aliphatic heterocycles. The molecule has 11 nitrogen and oxygen atoms in total. The average Bonchev–Trinajstić information content (AvgIpc) is 3.26. The lowest BCUT2D eigenvalue weighted by molar-refractivity contribution is 0.0518. The molecular formula is C15H17N7O4. The lowest BCUT2D eigenvalue weighted by atomic mass is 10.2. The van der Waals surface area contributed by atoms with Crippen LogP contribution >= 0.6 is 0 Å². The molecule has 1 aromatic carbocycles. The maximum absolute atomic E-state index is 12.2. The Morgan fingerprint density at radius 1 is 1.31 bits per heavy atom. The Morgan fingerprint density at radius 2 is 2.08 bits per heavy atom. The van der Waals surface area contributed by atoms with E-state index in [1.54, 1.807) is 14.0 Å². The smallest absolute Gasteiger partial charge is 0.360 e. The third-order valence-electron chi connectivity index (χ3n) is 3.48. The van der Waals surface area contributed by atoms with E-state index in [0.717, 1.165) is 11.4 Å². The van der Waals surface area contributed by atoms with Crippen molar-refractivity contribution in [2.75, 3.05) is 24.8 Å². The number of ether oxygens (including phenoxy) is 2. The second-order valence-electron chi connectivity index (χ2n) is 5.07. The van der Waals surface area contributed by atoms with E-state index in [1.165, 1.54) is 4.68 Å². The summed E-state index contributed by atoms with van der Waals surface area (Å²) in [5.74, 6) is 0.298. The molecule has 0 atom stereocenters. The number of hydrogen-bond acceptors (Lipinski definition) is 10. The van der Waals surface area contributed by atoms with Gasteiger partial charge in [-0.3, -0.25) is 0 Å². The normalized spacial score (nSPS) is 10.5. The van der Waals surface area contributed by atoms with Crippen LogP contribution in [0, 0.1) is 0 Å². The number of esters is 1. The maximum atomic E-state index is 12.2. The van der Waals surface area contributed by atoms with Gasteiger partial charge in [-0.2, -0.15) is 4.68 Å². The van der Waals surface area contributed by atoms with Gasteiger partial charge in [0.15, 0.2) is 5.69 Å². The van der Waals surface area contributed by atoms with Gasteiger partial charge in [0, 0.05) is 5.69 Å². The van der Waals surface area contributed by atoms with Crippen LogP contribution in [0.2, 0.25) is 0 Å². The molecule has 0 radical (unpaired) electrons. The van der Waals surface area contributed by atoms with Gasteiger partial charge in [0.2, 0.25) is 11.6 Å². The van der Waals surface area contributed by atoms with E-state index in [9.17, 15) is 4.79 Å². The summed E-state index contributed by atoms with van der Waals surface area (Å²) < 4.78 is 16.0. The van der Waals surface area contributed by atoms with Crippen molar-refractivity contribution in [3.05, 3.63) is 35.7 Å². The first-order chi connectivity index (χ1) is 12.6. The van der Waals surface area contributed by atoms with E-state index in [-0.39, 0.29) is 30.5 Å². The van der Waals surface area contributed by atoms with Crippen LogP contribution in [0.3, 0.4) is 0 Å². The standard InChI is InChI=1S/C15H17N7O4/c1-3-25-15(23)12-11(8-17-9-4-6-10(24-2)7-5-9)22(21-18-12)14-13(16)19-26-20-14/h4-7,17H,3,8H2,1-2H3,(H2,16,19). The summed E-state index contributed by atoms with van der Waals surface area (Å²) in [5, 5.41) is 18.2. The van der Waals surface area contributed by atoms with Gasteiger partial charge in [-0.05, 0) is 41.5 Å². The van der Waals surface area contributed by atoms with E-state index in [2.05, 4.69) is 30.6 Å². The lowest BCUT2D eigenvalue weighted by Crippen LogP contribution is -2.14. The van der Waals surface area contributed by atoms with Crippen molar-refractivity contribution in [1.29, 1.82) is 0 Å². The van der Waals surface area contributed by atoms with Gasteiger partial charge in [-0.15, -0.1) is 5.10 Å². The minimum absolute atomic E-state index is 0.0241. The molecule has 2 aromatic heterocycles. The van der Waals surface area contributed by atoms with Crippen molar-refractivity contribution >= 4 is 17.5 Å². The second kappa shape index (κ2) is 7.51. The minimum atomic E-state index is -0.597. The molecule has 0 unspecified atom stereocenters. The Bertz CT molecular complexity index is 888. The van der Waals surface area contributed by atoms with E-state index in [0.29, 0.717) is 5.69 Å². The predicted octanol–water partition coefficient (Wildman–Crippen LogP) is 1.03. The summed E-state index contributed by atoms with van der Waals surface area (Å²) >= 11 is 0. The van der Waals surface area contributed by atoms with Crippen molar-refractivity contribution in [3.63, 3.8) is 0 Å². The van der Waals surface area contributed by atoms with Crippen LogP contribution in [-0.4, -0.2) is 45.0 Å². The molecule has 2 heterocycles. The molecule has 0 spiro atoms. The molecule has 0 aliphatic carbocycles. The molecule has 3 N–H and O–H groups in total. The van der Waals surface area contributed by atoms with Crippen LogP contribution in [0.25, 0.3) is 5.82 Å². The number of nitrogens with two attached hydrogens (primary N) is 1. The quantitative estimate of drug-likeness (QED) is 0.587. The summed E-state index contributed by atoms with van der Waals surface area (Å²) in [7, 11) is 1.59. The molecule has 3 rings (SSSR count). The zero-order valence-electron chi connectivity index (χ0n) is 14.2. The van der Waals surface area contributed by atoms with Crippen molar-refractivity contribution < 1.29 is 18.9 Å². The van der Waals surface area contributed by atoms with Crippen LogP contribution in [0.1, 0.15) is 23.1 Å². The first-order valence-electron chi connectivity index (χ1n) is 7.72. The minimum Gasteiger partial charge on any atom is -0.497 e. The first-order valence-corrected chi connectivity index (χ1v) is 7.72. The van der Waals surface area contributed by atoms with E-state index >= 15 is 0 Å². The van der Waals surface area contributed by atoms with E-state index in [1.807, 2.05) is 24.3 Å². The van der Waals surface area contributed by atoms with Crippen molar-refractivity contribution in [2.45, 2.75) is 13.5 Å². The largest absolute Gasteiger partial charge is 0.497 e. The summed E-state index contributed by atoms with van der Waals surface area (Å²) in [6, 6.07) is 7.29. The summed E-state index contributed by atoms with van der Waals surface area (Å²) in [4.78, 5) is 12.2. The molecule has 0 aliphatic rings. The number of carbonyl (C=O) groups excluding carboxylic acids is 1. The fraction of sp³-hybridized carbons (Fsp3) is 0.267. The van der Waals surface area contributed by atoms with Gasteiger partial charge in [-0.25, -0.2) is 9.42 Å². The van der Waals surface area contributed by atoms with Gasteiger partial charge >= 0.3 is 5.97 Å². The Balaban J connectivity index is 1.90. The van der Waals surface area contributed by atoms with Crippen LogP contribution in [0.4, 0.5) is 11.5 Å². The average molecular weight is 359 g/mol. The fourth-order valence-corrected chi connectivity index (χ4v) is 2.22. The summed E-state index contributed by atoms with van der Waals surface area (Å²) in [5.41, 5.74) is 6.98. The second-order valence-corrected chi connectivity index (χ2v) is 5.07. The fourth-order valence-electron chi connectivity index (χ4n) is 2.22. The van der Waals surface area contributed by atoms with Gasteiger partial charge in [-0.1, -0.05) is 5.21 Å². The SMILES string of the molecule is CCOC(=O)c1nnn(-c2nonc2N)c1CNc1ccc(OC)cc1. The number of rotatable bonds is 7. The van der Waals surface area contributed by atoms with Crippen LogP contribution < -0.4 is 15.8 Å². The molecule has 0 fully saturated rings. The third kappa shape index (κ3) is 3.41. The zero-order valence-corrected chi connectivity index (χ0v) is 14.2. The Hall–Kier alpha value is -3.63. The number of anilines is 2. The van der Waals surface area contributed by atoms with Crippen LogP contribution in [-0.2, 0) is 11.3 Å². The van der Waals surface area contributed by atoms with Crippen molar-refractivity contribution in [2.24, 2.45) is 0 Å². The highest BCUT2D eigenvalue weighted by Crippen LogP contribution is 2.19. The number of hydrogen-bond donors (Lipinski definition) is 2. The predicted molar refractivity (Wildman–Crippen MR) is 89.9 cm³/mol. The van der Waals surface area contributed by atoms with Gasteiger partial charge in [0.05, 0.1) is 20.3 Å². The zero-order chi connectivity index (χ0) is 18.5. The molecule has 0 amide bonds. The highest BCUT2D eigenvalue weighted by atomic mass is 16.6. The van der Waals surface area contributed by atoms with Gasteiger partial charge in [0.1, 0.15) is 11.4 Å².